The van der Waals surface area contributed by atoms with E-state index in [1.807, 2.05) is 36.4 Å². The molecular formula is C32H28Cl2N4O. The number of carbonyl (C=O) groups is 1. The minimum absolute atomic E-state index is 0.0388. The van der Waals surface area contributed by atoms with Crippen LogP contribution in [-0.4, -0.2) is 29.2 Å². The number of rotatable bonds is 6. The van der Waals surface area contributed by atoms with E-state index in [-0.39, 0.29) is 5.92 Å². The number of anilines is 1. The van der Waals surface area contributed by atoms with E-state index in [1.54, 1.807) is 12.1 Å². The number of aromatic amines is 1. The van der Waals surface area contributed by atoms with Gasteiger partial charge >= 0.3 is 0 Å². The minimum atomic E-state index is -0.403. The van der Waals surface area contributed by atoms with Crippen LogP contribution in [0, 0.1) is 0 Å². The number of nitrogens with two attached hydrogens (primary N) is 1. The number of halogens is 2. The van der Waals surface area contributed by atoms with E-state index in [0.29, 0.717) is 11.5 Å². The maximum absolute atomic E-state index is 11.4. The van der Waals surface area contributed by atoms with Gasteiger partial charge in [0.05, 0.1) is 5.52 Å². The average Bonchev–Trinajstić information content (AvgIpc) is 3.39. The highest BCUT2D eigenvalue weighted by Gasteiger charge is 2.25. The first-order valence-electron chi connectivity index (χ1n) is 13.1. The lowest BCUT2D eigenvalue weighted by Gasteiger charge is -2.33. The third-order valence-corrected chi connectivity index (χ3v) is 8.27. The fourth-order valence-corrected chi connectivity index (χ4v) is 5.94. The molecule has 5 aromatic rings. The summed E-state index contributed by atoms with van der Waals surface area (Å²) in [6.45, 7) is 1.86. The van der Waals surface area contributed by atoms with Crippen molar-refractivity contribution in [3.63, 3.8) is 0 Å². The normalized spacial score (nSPS) is 14.3. The van der Waals surface area contributed by atoms with Crippen molar-refractivity contribution in [3.8, 4) is 0 Å². The Bertz CT molecular complexity index is 1560. The molecule has 0 radical (unpaired) electrons. The number of piperidine rings is 1. The van der Waals surface area contributed by atoms with Crippen LogP contribution in [0.1, 0.15) is 57.4 Å². The number of hydrogen-bond acceptors (Lipinski definition) is 3. The van der Waals surface area contributed by atoms with Gasteiger partial charge in [-0.2, -0.15) is 5.10 Å². The van der Waals surface area contributed by atoms with Gasteiger partial charge in [0, 0.05) is 57.3 Å². The summed E-state index contributed by atoms with van der Waals surface area (Å²) in [5.41, 5.74) is 12.7. The van der Waals surface area contributed by atoms with Crippen molar-refractivity contribution < 1.29 is 4.79 Å². The quantitative estimate of drug-likeness (QED) is 0.213. The van der Waals surface area contributed by atoms with Gasteiger partial charge in [0.1, 0.15) is 0 Å². The summed E-state index contributed by atoms with van der Waals surface area (Å²) in [7, 11) is 0. The van der Waals surface area contributed by atoms with Crippen LogP contribution in [0.15, 0.2) is 91.0 Å². The van der Waals surface area contributed by atoms with Gasteiger partial charge < -0.3 is 10.6 Å². The number of nitrogens with zero attached hydrogens (tertiary/aromatic N) is 2. The second-order valence-electron chi connectivity index (χ2n) is 10.1. The second-order valence-corrected chi connectivity index (χ2v) is 11.0. The molecule has 3 N–H and O–H groups in total. The fraction of sp³-hybridized carbons (Fsp3) is 0.188. The number of H-pyrrole nitrogens is 1. The van der Waals surface area contributed by atoms with E-state index in [0.717, 1.165) is 47.2 Å². The number of aromatic nitrogens is 2. The molecule has 1 aliphatic rings. The number of fused-ring (bicyclic) bond motifs is 1. The van der Waals surface area contributed by atoms with Crippen molar-refractivity contribution in [1.29, 1.82) is 0 Å². The SMILES string of the molecule is NC(=O)c1ccc(N2CCC(c3[nH]nc4ccc(C(c5ccc(Cl)cc5)c5ccc(Cl)cc5)cc34)CC2)cc1. The van der Waals surface area contributed by atoms with Crippen LogP contribution in [0.3, 0.4) is 0 Å². The zero-order chi connectivity index (χ0) is 26.9. The van der Waals surface area contributed by atoms with Gasteiger partial charge in [0.2, 0.25) is 5.91 Å². The Morgan fingerprint density at radius 2 is 1.38 bits per heavy atom. The van der Waals surface area contributed by atoms with Crippen molar-refractivity contribution in [3.05, 3.63) is 129 Å². The lowest BCUT2D eigenvalue weighted by atomic mass is 9.84. The first-order chi connectivity index (χ1) is 19.0. The predicted octanol–water partition coefficient (Wildman–Crippen LogP) is 7.53. The summed E-state index contributed by atoms with van der Waals surface area (Å²) >= 11 is 12.4. The predicted molar refractivity (Wildman–Crippen MR) is 159 cm³/mol. The summed E-state index contributed by atoms with van der Waals surface area (Å²) in [6, 6.07) is 30.2. The average molecular weight is 556 g/mol. The molecule has 0 saturated carbocycles. The van der Waals surface area contributed by atoms with E-state index in [9.17, 15) is 4.79 Å². The topological polar surface area (TPSA) is 75.0 Å². The van der Waals surface area contributed by atoms with Gasteiger partial charge in [-0.1, -0.05) is 53.5 Å². The van der Waals surface area contributed by atoms with Gasteiger partial charge in [-0.15, -0.1) is 0 Å². The van der Waals surface area contributed by atoms with Crippen molar-refractivity contribution in [2.45, 2.75) is 24.7 Å². The van der Waals surface area contributed by atoms with Crippen LogP contribution in [-0.2, 0) is 0 Å². The van der Waals surface area contributed by atoms with Crippen molar-refractivity contribution in [2.24, 2.45) is 5.73 Å². The van der Waals surface area contributed by atoms with Crippen LogP contribution >= 0.6 is 23.2 Å². The molecule has 4 aromatic carbocycles. The Labute approximate surface area is 237 Å². The standard InChI is InChI=1S/C32H28Cl2N4O/c33-25-8-1-20(2-9-25)30(21-3-10-26(34)11-4-21)24-7-14-29-28(19-24)31(37-36-29)22-15-17-38(18-16-22)27-12-5-23(6-13-27)32(35)39/h1-14,19,22,30H,15-18H2,(H2,35,39)(H,36,37). The summed E-state index contributed by atoms with van der Waals surface area (Å²) in [4.78, 5) is 13.8. The molecule has 1 aromatic heterocycles. The zero-order valence-corrected chi connectivity index (χ0v) is 22.8. The molecule has 1 fully saturated rings. The molecule has 1 amide bonds. The molecule has 0 atom stereocenters. The lowest BCUT2D eigenvalue weighted by molar-refractivity contribution is 0.100. The maximum Gasteiger partial charge on any atom is 0.248 e. The highest BCUT2D eigenvalue weighted by molar-refractivity contribution is 6.30. The van der Waals surface area contributed by atoms with Crippen LogP contribution in [0.25, 0.3) is 10.9 Å². The monoisotopic (exact) mass is 554 g/mol. The summed E-state index contributed by atoms with van der Waals surface area (Å²) in [6.07, 6.45) is 2.02. The molecule has 2 heterocycles. The summed E-state index contributed by atoms with van der Waals surface area (Å²) in [5.74, 6) is 0.0212. The highest BCUT2D eigenvalue weighted by Crippen LogP contribution is 2.38. The summed E-state index contributed by atoms with van der Waals surface area (Å²) < 4.78 is 0. The molecule has 0 aliphatic carbocycles. The van der Waals surface area contributed by atoms with Crippen LogP contribution < -0.4 is 10.6 Å². The maximum atomic E-state index is 11.4. The van der Waals surface area contributed by atoms with Gasteiger partial charge in [0.15, 0.2) is 0 Å². The third kappa shape index (κ3) is 5.25. The molecule has 1 saturated heterocycles. The second kappa shape index (κ2) is 10.8. The Hall–Kier alpha value is -3.80. The summed E-state index contributed by atoms with van der Waals surface area (Å²) in [5, 5.41) is 10.6. The van der Waals surface area contributed by atoms with Crippen molar-refractivity contribution >= 4 is 45.7 Å². The molecule has 7 heteroatoms. The Morgan fingerprint density at radius 1 is 0.821 bits per heavy atom. The molecule has 39 heavy (non-hydrogen) atoms. The zero-order valence-electron chi connectivity index (χ0n) is 21.3. The minimum Gasteiger partial charge on any atom is -0.371 e. The van der Waals surface area contributed by atoms with Crippen LogP contribution in [0.2, 0.25) is 10.0 Å². The molecule has 1 aliphatic heterocycles. The van der Waals surface area contributed by atoms with E-state index in [1.165, 1.54) is 27.8 Å². The van der Waals surface area contributed by atoms with Crippen LogP contribution in [0.4, 0.5) is 5.69 Å². The number of nitrogens with one attached hydrogen (secondary N) is 1. The Balaban J connectivity index is 1.29. The fourth-order valence-electron chi connectivity index (χ4n) is 5.69. The molecule has 6 rings (SSSR count). The van der Waals surface area contributed by atoms with Crippen LogP contribution in [0.5, 0.6) is 0 Å². The molecule has 0 unspecified atom stereocenters. The Kier molecular flexibility index (Phi) is 7.03. The first-order valence-corrected chi connectivity index (χ1v) is 13.9. The van der Waals surface area contributed by atoms with Crippen molar-refractivity contribution in [1.82, 2.24) is 10.2 Å². The molecule has 196 valence electrons. The first kappa shape index (κ1) is 25.5. The molecule has 5 nitrogen and oxygen atoms in total. The number of primary amides is 1. The number of amides is 1. The smallest absolute Gasteiger partial charge is 0.248 e. The largest absolute Gasteiger partial charge is 0.371 e. The van der Waals surface area contributed by atoms with Gasteiger partial charge in [-0.3, -0.25) is 9.89 Å². The number of carbonyl (C=O) groups excluding carboxylic acids is 1. The van der Waals surface area contributed by atoms with Crippen molar-refractivity contribution in [2.75, 3.05) is 18.0 Å². The number of hydrogen-bond donors (Lipinski definition) is 2. The lowest BCUT2D eigenvalue weighted by Crippen LogP contribution is -2.33. The molecular weight excluding hydrogens is 527 g/mol. The van der Waals surface area contributed by atoms with E-state index in [2.05, 4.69) is 57.6 Å². The molecule has 0 spiro atoms. The van der Waals surface area contributed by atoms with E-state index >= 15 is 0 Å². The highest BCUT2D eigenvalue weighted by atomic mass is 35.5. The van der Waals surface area contributed by atoms with Gasteiger partial charge in [0.25, 0.3) is 0 Å². The van der Waals surface area contributed by atoms with Gasteiger partial charge in [-0.05, 0) is 90.2 Å². The van der Waals surface area contributed by atoms with Gasteiger partial charge in [-0.25, -0.2) is 0 Å². The van der Waals surface area contributed by atoms with E-state index in [4.69, 9.17) is 28.9 Å². The van der Waals surface area contributed by atoms with E-state index < -0.39 is 5.91 Å². The third-order valence-electron chi connectivity index (χ3n) is 7.77. The molecule has 0 bridgehead atoms. The number of benzene rings is 4. The Morgan fingerprint density at radius 3 is 1.95 bits per heavy atom.